The molecule has 0 aliphatic heterocycles. The van der Waals surface area contributed by atoms with Crippen LogP contribution < -0.4 is 10.1 Å². The van der Waals surface area contributed by atoms with Crippen molar-refractivity contribution in [2.75, 3.05) is 13.2 Å². The Hall–Kier alpha value is -1.09. The highest BCUT2D eigenvalue weighted by atomic mass is 19.1. The van der Waals surface area contributed by atoms with Crippen LogP contribution in [0.2, 0.25) is 0 Å². The number of halogens is 1. The van der Waals surface area contributed by atoms with E-state index in [1.807, 2.05) is 6.07 Å². The molecule has 0 aromatic heterocycles. The van der Waals surface area contributed by atoms with Crippen molar-refractivity contribution in [3.8, 4) is 5.75 Å². The van der Waals surface area contributed by atoms with Crippen molar-refractivity contribution in [1.82, 2.24) is 5.32 Å². The van der Waals surface area contributed by atoms with Gasteiger partial charge in [0.1, 0.15) is 18.2 Å². The average molecular weight is 265 g/mol. The summed E-state index contributed by atoms with van der Waals surface area (Å²) in [4.78, 5) is 0. The first-order valence-electron chi connectivity index (χ1n) is 7.33. The molecule has 0 amide bonds. The van der Waals surface area contributed by atoms with Gasteiger partial charge in [0.2, 0.25) is 0 Å². The lowest BCUT2D eigenvalue weighted by atomic mass is 9.99. The maximum Gasteiger partial charge on any atom is 0.129 e. The molecule has 2 rings (SSSR count). The number of ether oxygens (including phenoxy) is 1. The first-order chi connectivity index (χ1) is 9.20. The molecule has 1 N–H and O–H groups in total. The number of aryl methyl sites for hydroxylation is 1. The van der Waals surface area contributed by atoms with Crippen LogP contribution in [-0.2, 0) is 0 Å². The number of hydrogen-bond donors (Lipinski definition) is 1. The molecule has 19 heavy (non-hydrogen) atoms. The van der Waals surface area contributed by atoms with Crippen molar-refractivity contribution >= 4 is 0 Å². The molecule has 2 nitrogen and oxygen atoms in total. The summed E-state index contributed by atoms with van der Waals surface area (Å²) in [6, 6.07) is 5.47. The second kappa shape index (κ2) is 6.90. The van der Waals surface area contributed by atoms with Gasteiger partial charge in [-0.15, -0.1) is 0 Å². The molecule has 0 radical (unpaired) electrons. The molecule has 1 aliphatic rings. The topological polar surface area (TPSA) is 21.3 Å². The van der Waals surface area contributed by atoms with Gasteiger partial charge in [-0.3, -0.25) is 0 Å². The fourth-order valence-electron chi connectivity index (χ4n) is 2.83. The van der Waals surface area contributed by atoms with Crippen molar-refractivity contribution in [2.45, 2.75) is 45.6 Å². The third kappa shape index (κ3) is 3.93. The number of benzene rings is 1. The van der Waals surface area contributed by atoms with Gasteiger partial charge in [-0.05, 0) is 43.9 Å². The van der Waals surface area contributed by atoms with Crippen LogP contribution in [0.5, 0.6) is 5.75 Å². The third-order valence-corrected chi connectivity index (χ3v) is 4.01. The molecular weight excluding hydrogens is 241 g/mol. The Bertz CT molecular complexity index is 402. The lowest BCUT2D eigenvalue weighted by Gasteiger charge is -2.24. The minimum Gasteiger partial charge on any atom is -0.492 e. The van der Waals surface area contributed by atoms with E-state index in [9.17, 15) is 4.39 Å². The highest BCUT2D eigenvalue weighted by molar-refractivity contribution is 5.28. The van der Waals surface area contributed by atoms with Crippen molar-refractivity contribution < 1.29 is 9.13 Å². The molecule has 1 aliphatic carbocycles. The second-order valence-corrected chi connectivity index (χ2v) is 5.43. The Morgan fingerprint density at radius 1 is 1.37 bits per heavy atom. The number of nitrogens with one attached hydrogen (secondary N) is 1. The molecule has 1 unspecified atom stereocenters. The minimum absolute atomic E-state index is 0.196. The zero-order valence-electron chi connectivity index (χ0n) is 11.9. The monoisotopic (exact) mass is 265 g/mol. The smallest absolute Gasteiger partial charge is 0.129 e. The van der Waals surface area contributed by atoms with Gasteiger partial charge in [-0.25, -0.2) is 4.39 Å². The van der Waals surface area contributed by atoms with E-state index in [1.54, 1.807) is 13.0 Å². The van der Waals surface area contributed by atoms with Gasteiger partial charge >= 0.3 is 0 Å². The first-order valence-corrected chi connectivity index (χ1v) is 7.33. The Balaban J connectivity index is 1.91. The summed E-state index contributed by atoms with van der Waals surface area (Å²) in [5.41, 5.74) is 0.659. The summed E-state index contributed by atoms with van der Waals surface area (Å²) in [5.74, 6) is 1.14. The van der Waals surface area contributed by atoms with E-state index in [4.69, 9.17) is 4.74 Å². The fourth-order valence-corrected chi connectivity index (χ4v) is 2.83. The van der Waals surface area contributed by atoms with E-state index in [0.717, 1.165) is 6.54 Å². The lowest BCUT2D eigenvalue weighted by Crippen LogP contribution is -2.40. The largest absolute Gasteiger partial charge is 0.492 e. The molecule has 1 atom stereocenters. The Labute approximate surface area is 115 Å². The molecule has 1 saturated carbocycles. The Morgan fingerprint density at radius 2 is 2.11 bits per heavy atom. The van der Waals surface area contributed by atoms with Crippen LogP contribution in [0.15, 0.2) is 18.2 Å². The van der Waals surface area contributed by atoms with Gasteiger partial charge in [0.25, 0.3) is 0 Å². The molecule has 1 aromatic rings. The normalized spacial score (nSPS) is 17.6. The number of hydrogen-bond acceptors (Lipinski definition) is 2. The standard InChI is InChI=1S/C16H24FNO/c1-3-18-16(13-6-4-5-7-13)11-19-14-9-8-12(2)15(17)10-14/h8-10,13,16,18H,3-7,11H2,1-2H3. The molecule has 106 valence electrons. The van der Waals surface area contributed by atoms with E-state index >= 15 is 0 Å². The first kappa shape index (κ1) is 14.3. The molecule has 0 heterocycles. The number of likely N-dealkylation sites (N-methyl/N-ethyl adjacent to an activating group) is 1. The van der Waals surface area contributed by atoms with Gasteiger partial charge in [-0.2, -0.15) is 0 Å². The van der Waals surface area contributed by atoms with Gasteiger partial charge in [0.05, 0.1) is 0 Å². The highest BCUT2D eigenvalue weighted by Gasteiger charge is 2.24. The van der Waals surface area contributed by atoms with Gasteiger partial charge in [-0.1, -0.05) is 25.8 Å². The van der Waals surface area contributed by atoms with Crippen LogP contribution in [-0.4, -0.2) is 19.2 Å². The quantitative estimate of drug-likeness (QED) is 0.847. The number of rotatable bonds is 6. The minimum atomic E-state index is -0.196. The van der Waals surface area contributed by atoms with Gasteiger partial charge < -0.3 is 10.1 Å². The lowest BCUT2D eigenvalue weighted by molar-refractivity contribution is 0.218. The van der Waals surface area contributed by atoms with Crippen molar-refractivity contribution in [3.63, 3.8) is 0 Å². The molecule has 3 heteroatoms. The van der Waals surface area contributed by atoms with E-state index in [-0.39, 0.29) is 5.82 Å². The zero-order chi connectivity index (χ0) is 13.7. The summed E-state index contributed by atoms with van der Waals surface area (Å²) in [7, 11) is 0. The van der Waals surface area contributed by atoms with E-state index in [2.05, 4.69) is 12.2 Å². The van der Waals surface area contributed by atoms with Gasteiger partial charge in [0, 0.05) is 12.1 Å². The predicted molar refractivity (Wildman–Crippen MR) is 76.1 cm³/mol. The van der Waals surface area contributed by atoms with Crippen molar-refractivity contribution in [3.05, 3.63) is 29.6 Å². The summed E-state index contributed by atoms with van der Waals surface area (Å²) in [5, 5.41) is 3.50. The second-order valence-electron chi connectivity index (χ2n) is 5.43. The molecule has 1 aromatic carbocycles. The van der Waals surface area contributed by atoms with E-state index in [1.165, 1.54) is 31.7 Å². The Morgan fingerprint density at radius 3 is 2.74 bits per heavy atom. The van der Waals surface area contributed by atoms with Crippen molar-refractivity contribution in [1.29, 1.82) is 0 Å². The predicted octanol–water partition coefficient (Wildman–Crippen LogP) is 3.68. The molecular formula is C16H24FNO. The Kier molecular flexibility index (Phi) is 5.20. The molecule has 0 saturated heterocycles. The summed E-state index contributed by atoms with van der Waals surface area (Å²) in [6.07, 6.45) is 5.21. The van der Waals surface area contributed by atoms with Crippen LogP contribution in [0, 0.1) is 18.7 Å². The third-order valence-electron chi connectivity index (χ3n) is 4.01. The maximum atomic E-state index is 13.5. The fraction of sp³-hybridized carbons (Fsp3) is 0.625. The van der Waals surface area contributed by atoms with Crippen LogP contribution in [0.3, 0.4) is 0 Å². The zero-order valence-corrected chi connectivity index (χ0v) is 11.9. The summed E-state index contributed by atoms with van der Waals surface area (Å²) >= 11 is 0. The summed E-state index contributed by atoms with van der Waals surface area (Å²) < 4.78 is 19.2. The maximum absolute atomic E-state index is 13.5. The summed E-state index contributed by atoms with van der Waals surface area (Å²) in [6.45, 7) is 5.46. The van der Waals surface area contributed by atoms with Crippen LogP contribution >= 0.6 is 0 Å². The van der Waals surface area contributed by atoms with Crippen LogP contribution in [0.4, 0.5) is 4.39 Å². The molecule has 0 spiro atoms. The SMILES string of the molecule is CCNC(COc1ccc(C)c(F)c1)C1CCCC1. The van der Waals surface area contributed by atoms with E-state index < -0.39 is 0 Å². The highest BCUT2D eigenvalue weighted by Crippen LogP contribution is 2.28. The average Bonchev–Trinajstić information content (AvgIpc) is 2.92. The van der Waals surface area contributed by atoms with Crippen molar-refractivity contribution in [2.24, 2.45) is 5.92 Å². The van der Waals surface area contributed by atoms with Crippen LogP contribution in [0.1, 0.15) is 38.2 Å². The molecule has 1 fully saturated rings. The van der Waals surface area contributed by atoms with Gasteiger partial charge in [0.15, 0.2) is 0 Å². The van der Waals surface area contributed by atoms with Crippen LogP contribution in [0.25, 0.3) is 0 Å². The van der Waals surface area contributed by atoms with E-state index in [0.29, 0.717) is 29.9 Å². The molecule has 0 bridgehead atoms.